The summed E-state index contributed by atoms with van der Waals surface area (Å²) in [6.07, 6.45) is -5.90. The van der Waals surface area contributed by atoms with Crippen molar-refractivity contribution in [3.63, 3.8) is 0 Å². The first-order valence-corrected chi connectivity index (χ1v) is 6.07. The normalized spacial score (nSPS) is 12.8. The molecule has 0 saturated carbocycles. The van der Waals surface area contributed by atoms with Crippen LogP contribution >= 0.6 is 0 Å². The average molecular weight is 298 g/mol. The lowest BCUT2D eigenvalue weighted by Crippen LogP contribution is -2.17. The third-order valence-corrected chi connectivity index (χ3v) is 2.84. The summed E-state index contributed by atoms with van der Waals surface area (Å²) in [4.78, 5) is 0. The number of hydrogen-bond donors (Lipinski definition) is 1. The summed E-state index contributed by atoms with van der Waals surface area (Å²) in [5.74, 6) is -0.130. The van der Waals surface area contributed by atoms with Crippen molar-refractivity contribution in [2.75, 3.05) is 7.11 Å². The standard InChI is InChI=1S/C15H13F3O3/c1-20-13-8-7-11(21-15(16,17)18)9-12(13)14(19)10-5-3-2-4-6-10/h2-9,14,19H,1H3. The van der Waals surface area contributed by atoms with Gasteiger partial charge in [0, 0.05) is 5.56 Å². The summed E-state index contributed by atoms with van der Waals surface area (Å²) in [5, 5.41) is 10.3. The molecule has 0 aliphatic carbocycles. The highest BCUT2D eigenvalue weighted by Crippen LogP contribution is 2.34. The molecule has 1 atom stereocenters. The molecule has 2 rings (SSSR count). The van der Waals surface area contributed by atoms with E-state index in [0.717, 1.165) is 12.1 Å². The Morgan fingerprint density at radius 1 is 1.05 bits per heavy atom. The molecule has 1 N–H and O–H groups in total. The van der Waals surface area contributed by atoms with Crippen LogP contribution in [0.25, 0.3) is 0 Å². The maximum atomic E-state index is 12.3. The molecule has 3 nitrogen and oxygen atoms in total. The predicted molar refractivity (Wildman–Crippen MR) is 70.2 cm³/mol. The van der Waals surface area contributed by atoms with E-state index in [1.54, 1.807) is 30.3 Å². The van der Waals surface area contributed by atoms with Crippen LogP contribution in [-0.2, 0) is 0 Å². The molecule has 0 spiro atoms. The van der Waals surface area contributed by atoms with E-state index in [2.05, 4.69) is 4.74 Å². The Kier molecular flexibility index (Phi) is 4.37. The Morgan fingerprint density at radius 2 is 1.71 bits per heavy atom. The van der Waals surface area contributed by atoms with Crippen LogP contribution in [0.2, 0.25) is 0 Å². The molecule has 0 saturated heterocycles. The second kappa shape index (κ2) is 6.05. The quantitative estimate of drug-likeness (QED) is 0.936. The zero-order chi connectivity index (χ0) is 15.5. The molecular formula is C15H13F3O3. The van der Waals surface area contributed by atoms with E-state index in [1.807, 2.05) is 0 Å². The number of aliphatic hydroxyl groups is 1. The van der Waals surface area contributed by atoms with Gasteiger partial charge in [-0.25, -0.2) is 0 Å². The molecule has 2 aromatic rings. The first kappa shape index (κ1) is 15.2. The van der Waals surface area contributed by atoms with Gasteiger partial charge in [-0.2, -0.15) is 0 Å². The van der Waals surface area contributed by atoms with Gasteiger partial charge in [-0.1, -0.05) is 30.3 Å². The molecule has 21 heavy (non-hydrogen) atoms. The molecule has 0 fully saturated rings. The van der Waals surface area contributed by atoms with Gasteiger partial charge in [-0.05, 0) is 23.8 Å². The average Bonchev–Trinajstić information content (AvgIpc) is 2.45. The molecule has 0 radical (unpaired) electrons. The zero-order valence-electron chi connectivity index (χ0n) is 11.1. The summed E-state index contributed by atoms with van der Waals surface area (Å²) < 4.78 is 45.7. The van der Waals surface area contributed by atoms with Crippen LogP contribution in [-0.4, -0.2) is 18.6 Å². The molecule has 112 valence electrons. The molecule has 2 aromatic carbocycles. The van der Waals surface area contributed by atoms with Gasteiger partial charge in [0.15, 0.2) is 0 Å². The molecular weight excluding hydrogens is 285 g/mol. The Balaban J connectivity index is 2.38. The monoisotopic (exact) mass is 298 g/mol. The molecule has 0 aromatic heterocycles. The third kappa shape index (κ3) is 3.88. The summed E-state index contributed by atoms with van der Waals surface area (Å²) >= 11 is 0. The number of hydrogen-bond acceptors (Lipinski definition) is 3. The van der Waals surface area contributed by atoms with Crippen molar-refractivity contribution in [3.8, 4) is 11.5 Å². The van der Waals surface area contributed by atoms with E-state index in [-0.39, 0.29) is 11.3 Å². The Morgan fingerprint density at radius 3 is 2.29 bits per heavy atom. The predicted octanol–water partition coefficient (Wildman–Crippen LogP) is 3.68. The minimum absolute atomic E-state index is 0.199. The van der Waals surface area contributed by atoms with Gasteiger partial charge >= 0.3 is 6.36 Å². The molecule has 6 heteroatoms. The number of aliphatic hydroxyl groups excluding tert-OH is 1. The van der Waals surface area contributed by atoms with E-state index >= 15 is 0 Å². The highest BCUT2D eigenvalue weighted by molar-refractivity contribution is 5.45. The molecule has 0 aliphatic rings. The molecule has 0 heterocycles. The minimum atomic E-state index is -4.79. The first-order chi connectivity index (χ1) is 9.90. The number of halogens is 3. The van der Waals surface area contributed by atoms with Gasteiger partial charge in [0.2, 0.25) is 0 Å². The summed E-state index contributed by atoms with van der Waals surface area (Å²) in [7, 11) is 1.38. The lowest BCUT2D eigenvalue weighted by Gasteiger charge is -2.17. The number of ether oxygens (including phenoxy) is 2. The van der Waals surface area contributed by atoms with Crippen molar-refractivity contribution in [2.45, 2.75) is 12.5 Å². The van der Waals surface area contributed by atoms with Crippen molar-refractivity contribution in [2.24, 2.45) is 0 Å². The SMILES string of the molecule is COc1ccc(OC(F)(F)F)cc1C(O)c1ccccc1. The smallest absolute Gasteiger partial charge is 0.496 e. The van der Waals surface area contributed by atoms with E-state index in [0.29, 0.717) is 5.56 Å². The van der Waals surface area contributed by atoms with Crippen molar-refractivity contribution in [3.05, 3.63) is 59.7 Å². The van der Waals surface area contributed by atoms with Crippen LogP contribution in [0.3, 0.4) is 0 Å². The second-order valence-corrected chi connectivity index (χ2v) is 4.26. The van der Waals surface area contributed by atoms with Crippen LogP contribution in [0.15, 0.2) is 48.5 Å². The van der Waals surface area contributed by atoms with Crippen LogP contribution < -0.4 is 9.47 Å². The Bertz CT molecular complexity index is 597. The summed E-state index contributed by atoms with van der Waals surface area (Å²) in [6, 6.07) is 12.1. The first-order valence-electron chi connectivity index (χ1n) is 6.07. The van der Waals surface area contributed by atoms with Crippen LogP contribution in [0, 0.1) is 0 Å². The van der Waals surface area contributed by atoms with Crippen molar-refractivity contribution >= 4 is 0 Å². The number of alkyl halides is 3. The third-order valence-electron chi connectivity index (χ3n) is 2.84. The van der Waals surface area contributed by atoms with Crippen molar-refractivity contribution in [1.82, 2.24) is 0 Å². The molecule has 0 aliphatic heterocycles. The Hall–Kier alpha value is -2.21. The van der Waals surface area contributed by atoms with E-state index < -0.39 is 18.2 Å². The maximum absolute atomic E-state index is 12.3. The lowest BCUT2D eigenvalue weighted by molar-refractivity contribution is -0.274. The van der Waals surface area contributed by atoms with Crippen molar-refractivity contribution < 1.29 is 27.8 Å². The van der Waals surface area contributed by atoms with Crippen LogP contribution in [0.1, 0.15) is 17.2 Å². The van der Waals surface area contributed by atoms with E-state index in [1.165, 1.54) is 13.2 Å². The number of methoxy groups -OCH3 is 1. The van der Waals surface area contributed by atoms with Gasteiger partial charge < -0.3 is 14.6 Å². The molecule has 1 unspecified atom stereocenters. The van der Waals surface area contributed by atoms with Crippen molar-refractivity contribution in [1.29, 1.82) is 0 Å². The number of rotatable bonds is 4. The summed E-state index contributed by atoms with van der Waals surface area (Å²) in [6.45, 7) is 0. The fourth-order valence-electron chi connectivity index (χ4n) is 1.94. The highest BCUT2D eigenvalue weighted by atomic mass is 19.4. The fraction of sp³-hybridized carbons (Fsp3) is 0.200. The zero-order valence-corrected chi connectivity index (χ0v) is 11.1. The topological polar surface area (TPSA) is 38.7 Å². The van der Waals surface area contributed by atoms with Gasteiger partial charge in [-0.15, -0.1) is 13.2 Å². The van der Waals surface area contributed by atoms with Gasteiger partial charge in [-0.3, -0.25) is 0 Å². The minimum Gasteiger partial charge on any atom is -0.496 e. The van der Waals surface area contributed by atoms with Gasteiger partial charge in [0.05, 0.1) is 7.11 Å². The Labute approximate surface area is 119 Å². The largest absolute Gasteiger partial charge is 0.573 e. The molecule has 0 amide bonds. The van der Waals surface area contributed by atoms with E-state index in [4.69, 9.17) is 4.74 Å². The molecule has 0 bridgehead atoms. The maximum Gasteiger partial charge on any atom is 0.573 e. The second-order valence-electron chi connectivity index (χ2n) is 4.26. The van der Waals surface area contributed by atoms with E-state index in [9.17, 15) is 18.3 Å². The highest BCUT2D eigenvalue weighted by Gasteiger charge is 2.31. The van der Waals surface area contributed by atoms with Gasteiger partial charge in [0.25, 0.3) is 0 Å². The van der Waals surface area contributed by atoms with Crippen LogP contribution in [0.4, 0.5) is 13.2 Å². The van der Waals surface area contributed by atoms with Crippen LogP contribution in [0.5, 0.6) is 11.5 Å². The van der Waals surface area contributed by atoms with Gasteiger partial charge in [0.1, 0.15) is 17.6 Å². The lowest BCUT2D eigenvalue weighted by atomic mass is 10.0. The fourth-order valence-corrected chi connectivity index (χ4v) is 1.94. The summed E-state index contributed by atoms with van der Waals surface area (Å²) in [5.41, 5.74) is 0.741. The number of benzene rings is 2.